The van der Waals surface area contributed by atoms with E-state index >= 15 is 0 Å². The first kappa shape index (κ1) is 14.6. The van der Waals surface area contributed by atoms with Gasteiger partial charge in [0.15, 0.2) is 0 Å². The average Bonchev–Trinajstić information content (AvgIpc) is 2.96. The summed E-state index contributed by atoms with van der Waals surface area (Å²) in [4.78, 5) is 14.2. The van der Waals surface area contributed by atoms with Gasteiger partial charge in [0.25, 0.3) is 5.91 Å². The van der Waals surface area contributed by atoms with Crippen LogP contribution in [0.3, 0.4) is 0 Å². The zero-order chi connectivity index (χ0) is 14.5. The number of amides is 1. The summed E-state index contributed by atoms with van der Waals surface area (Å²) in [5, 5.41) is 3.02. The highest BCUT2D eigenvalue weighted by atomic mass is 32.1. The average molecular weight is 289 g/mol. The highest BCUT2D eigenvalue weighted by molar-refractivity contribution is 7.14. The maximum Gasteiger partial charge on any atom is 0.261 e. The van der Waals surface area contributed by atoms with Crippen LogP contribution in [0.25, 0.3) is 0 Å². The van der Waals surface area contributed by atoms with Crippen molar-refractivity contribution < 1.29 is 9.53 Å². The van der Waals surface area contributed by atoms with Crippen molar-refractivity contribution >= 4 is 17.2 Å². The molecule has 1 aromatic heterocycles. The number of nitrogens with one attached hydrogen (secondary N) is 1. The first-order valence-electron chi connectivity index (χ1n) is 6.67. The second kappa shape index (κ2) is 6.57. The monoisotopic (exact) mass is 289 g/mol. The van der Waals surface area contributed by atoms with Crippen LogP contribution in [0.1, 0.15) is 40.0 Å². The second-order valence-corrected chi connectivity index (χ2v) is 5.76. The van der Waals surface area contributed by atoms with E-state index in [-0.39, 0.29) is 11.9 Å². The van der Waals surface area contributed by atoms with Gasteiger partial charge in [-0.2, -0.15) is 0 Å². The van der Waals surface area contributed by atoms with E-state index in [0.717, 1.165) is 22.6 Å². The lowest BCUT2D eigenvalue weighted by Crippen LogP contribution is -2.25. The van der Waals surface area contributed by atoms with Crippen LogP contribution in [0.5, 0.6) is 5.75 Å². The van der Waals surface area contributed by atoms with E-state index < -0.39 is 0 Å². The highest BCUT2D eigenvalue weighted by Crippen LogP contribution is 2.21. The van der Waals surface area contributed by atoms with Gasteiger partial charge in [-0.3, -0.25) is 4.79 Å². The predicted octanol–water partition coefficient (Wildman–Crippen LogP) is 3.81. The minimum atomic E-state index is -0.0511. The molecule has 2 aromatic rings. The highest BCUT2D eigenvalue weighted by Gasteiger charge is 2.13. The molecule has 0 spiro atoms. The SMILES string of the molecule is CCc1ccc(C(=O)N[C@@H](C)c2cccc(OC)c2)s1. The van der Waals surface area contributed by atoms with Crippen molar-refractivity contribution in [2.24, 2.45) is 0 Å². The lowest BCUT2D eigenvalue weighted by Gasteiger charge is -2.14. The summed E-state index contributed by atoms with van der Waals surface area (Å²) in [5.74, 6) is 0.776. The minimum Gasteiger partial charge on any atom is -0.497 e. The van der Waals surface area contributed by atoms with Gasteiger partial charge < -0.3 is 10.1 Å². The first-order chi connectivity index (χ1) is 9.63. The standard InChI is InChI=1S/C16H19NO2S/c1-4-14-8-9-15(20-14)16(18)17-11(2)12-6-5-7-13(10-12)19-3/h5-11H,4H2,1-3H3,(H,17,18)/t11-/m0/s1. The zero-order valence-corrected chi connectivity index (χ0v) is 12.8. The van der Waals surface area contributed by atoms with Gasteiger partial charge in [0.05, 0.1) is 18.0 Å². The lowest BCUT2D eigenvalue weighted by molar-refractivity contribution is 0.0944. The van der Waals surface area contributed by atoms with E-state index in [0.29, 0.717) is 0 Å². The van der Waals surface area contributed by atoms with Crippen LogP contribution in [0.2, 0.25) is 0 Å². The molecule has 0 saturated carbocycles. The molecule has 0 bridgehead atoms. The number of hydrogen-bond acceptors (Lipinski definition) is 3. The van der Waals surface area contributed by atoms with Gasteiger partial charge in [0, 0.05) is 4.88 Å². The van der Waals surface area contributed by atoms with E-state index in [1.165, 1.54) is 4.88 Å². The lowest BCUT2D eigenvalue weighted by atomic mass is 10.1. The number of hydrogen-bond donors (Lipinski definition) is 1. The third-order valence-corrected chi connectivity index (χ3v) is 4.40. The van der Waals surface area contributed by atoms with E-state index in [1.807, 2.05) is 43.3 Å². The molecule has 1 N–H and O–H groups in total. The molecule has 0 aliphatic rings. The molecule has 106 valence electrons. The molecule has 2 rings (SSSR count). The molecular formula is C16H19NO2S. The number of aryl methyl sites for hydroxylation is 1. The molecule has 1 amide bonds. The van der Waals surface area contributed by atoms with Gasteiger partial charge in [0.1, 0.15) is 5.75 Å². The molecule has 4 heteroatoms. The van der Waals surface area contributed by atoms with Crippen LogP contribution in [-0.4, -0.2) is 13.0 Å². The van der Waals surface area contributed by atoms with Crippen LogP contribution in [-0.2, 0) is 6.42 Å². The molecule has 1 heterocycles. The number of benzene rings is 1. The topological polar surface area (TPSA) is 38.3 Å². The van der Waals surface area contributed by atoms with Gasteiger partial charge in [-0.25, -0.2) is 0 Å². The van der Waals surface area contributed by atoms with Crippen molar-refractivity contribution in [3.05, 3.63) is 51.7 Å². The zero-order valence-electron chi connectivity index (χ0n) is 12.0. The Morgan fingerprint density at radius 1 is 1.35 bits per heavy atom. The smallest absolute Gasteiger partial charge is 0.261 e. The molecular weight excluding hydrogens is 270 g/mol. The molecule has 3 nitrogen and oxygen atoms in total. The normalized spacial score (nSPS) is 11.9. The van der Waals surface area contributed by atoms with E-state index in [4.69, 9.17) is 4.74 Å². The third kappa shape index (κ3) is 3.39. The molecule has 0 saturated heterocycles. The first-order valence-corrected chi connectivity index (χ1v) is 7.49. The van der Waals surface area contributed by atoms with Crippen LogP contribution in [0.4, 0.5) is 0 Å². The van der Waals surface area contributed by atoms with Crippen LogP contribution >= 0.6 is 11.3 Å². The summed E-state index contributed by atoms with van der Waals surface area (Å²) in [6.07, 6.45) is 0.962. The maximum atomic E-state index is 12.2. The van der Waals surface area contributed by atoms with Gasteiger partial charge >= 0.3 is 0 Å². The van der Waals surface area contributed by atoms with E-state index in [9.17, 15) is 4.79 Å². The van der Waals surface area contributed by atoms with Crippen molar-refractivity contribution in [3.63, 3.8) is 0 Å². The Hall–Kier alpha value is -1.81. The summed E-state index contributed by atoms with van der Waals surface area (Å²) in [7, 11) is 1.64. The fraction of sp³-hybridized carbons (Fsp3) is 0.312. The number of ether oxygens (including phenoxy) is 1. The van der Waals surface area contributed by atoms with Gasteiger partial charge in [-0.15, -0.1) is 11.3 Å². The second-order valence-electron chi connectivity index (χ2n) is 4.59. The van der Waals surface area contributed by atoms with Crippen molar-refractivity contribution in [2.75, 3.05) is 7.11 Å². The predicted molar refractivity (Wildman–Crippen MR) is 82.6 cm³/mol. The summed E-state index contributed by atoms with van der Waals surface area (Å²) >= 11 is 1.55. The van der Waals surface area contributed by atoms with Gasteiger partial charge in [0.2, 0.25) is 0 Å². The number of thiophene rings is 1. The van der Waals surface area contributed by atoms with Crippen molar-refractivity contribution in [1.29, 1.82) is 0 Å². The number of methoxy groups -OCH3 is 1. The summed E-state index contributed by atoms with van der Waals surface area (Å²) in [6.45, 7) is 4.06. The van der Waals surface area contributed by atoms with Crippen LogP contribution in [0.15, 0.2) is 36.4 Å². The van der Waals surface area contributed by atoms with Gasteiger partial charge in [-0.05, 0) is 43.2 Å². The fourth-order valence-electron chi connectivity index (χ4n) is 1.95. The molecule has 0 unspecified atom stereocenters. The van der Waals surface area contributed by atoms with Crippen molar-refractivity contribution in [3.8, 4) is 5.75 Å². The van der Waals surface area contributed by atoms with E-state index in [2.05, 4.69) is 12.2 Å². The van der Waals surface area contributed by atoms with Crippen molar-refractivity contribution in [2.45, 2.75) is 26.3 Å². The largest absolute Gasteiger partial charge is 0.497 e. The Bertz CT molecular complexity index is 592. The van der Waals surface area contributed by atoms with Gasteiger partial charge in [-0.1, -0.05) is 19.1 Å². The minimum absolute atomic E-state index is 0.0231. The Morgan fingerprint density at radius 2 is 2.15 bits per heavy atom. The summed E-state index contributed by atoms with van der Waals surface area (Å²) in [6, 6.07) is 11.6. The molecule has 0 radical (unpaired) electrons. The molecule has 0 fully saturated rings. The van der Waals surface area contributed by atoms with E-state index in [1.54, 1.807) is 18.4 Å². The van der Waals surface area contributed by atoms with Crippen molar-refractivity contribution in [1.82, 2.24) is 5.32 Å². The number of carbonyl (C=O) groups excluding carboxylic acids is 1. The molecule has 0 aliphatic carbocycles. The fourth-order valence-corrected chi connectivity index (χ4v) is 2.80. The number of carbonyl (C=O) groups is 1. The molecule has 1 aromatic carbocycles. The van der Waals surface area contributed by atoms with Crippen LogP contribution in [0, 0.1) is 0 Å². The maximum absolute atomic E-state index is 12.2. The van der Waals surface area contributed by atoms with Crippen LogP contribution < -0.4 is 10.1 Å². The summed E-state index contributed by atoms with van der Waals surface area (Å²) in [5.41, 5.74) is 1.03. The number of rotatable bonds is 5. The molecule has 20 heavy (non-hydrogen) atoms. The Morgan fingerprint density at radius 3 is 2.80 bits per heavy atom. The third-order valence-electron chi connectivity index (χ3n) is 3.18. The summed E-state index contributed by atoms with van der Waals surface area (Å²) < 4.78 is 5.20. The Labute approximate surface area is 123 Å². The Kier molecular flexibility index (Phi) is 4.79. The molecule has 1 atom stereocenters. The Balaban J connectivity index is 2.06. The molecule has 0 aliphatic heterocycles. The quantitative estimate of drug-likeness (QED) is 0.909.